The first-order valence-corrected chi connectivity index (χ1v) is 9.80. The van der Waals surface area contributed by atoms with Crippen molar-refractivity contribution in [2.45, 2.75) is 56.9 Å². The Hall–Kier alpha value is -1.40. The summed E-state index contributed by atoms with van der Waals surface area (Å²) in [7, 11) is -3.43. The van der Waals surface area contributed by atoms with Gasteiger partial charge in [0, 0.05) is 24.7 Å². The second-order valence-corrected chi connectivity index (χ2v) is 8.09. The second kappa shape index (κ2) is 7.93. The fraction of sp³-hybridized carbons (Fsp3) is 0.588. The summed E-state index contributed by atoms with van der Waals surface area (Å²) in [5, 5.41) is 2.92. The average molecular weight is 338 g/mol. The van der Waals surface area contributed by atoms with E-state index in [1.807, 2.05) is 6.92 Å². The molecule has 0 saturated carbocycles. The Bertz CT molecular complexity index is 620. The van der Waals surface area contributed by atoms with E-state index in [-0.39, 0.29) is 16.8 Å². The molecular formula is C17H26N2O3S. The van der Waals surface area contributed by atoms with E-state index in [0.717, 1.165) is 32.1 Å². The quantitative estimate of drug-likeness (QED) is 0.867. The van der Waals surface area contributed by atoms with Crippen LogP contribution in [0.25, 0.3) is 0 Å². The SMILES string of the molecule is CCC[C@H](C)NC(=O)c1ccc(S(=O)(=O)N2CCCCC2)cc1. The molecule has 0 radical (unpaired) electrons. The first kappa shape index (κ1) is 17.9. The summed E-state index contributed by atoms with van der Waals surface area (Å²) in [6.07, 6.45) is 4.84. The summed E-state index contributed by atoms with van der Waals surface area (Å²) in [5.74, 6) is -0.159. The topological polar surface area (TPSA) is 66.5 Å². The van der Waals surface area contributed by atoms with Crippen molar-refractivity contribution < 1.29 is 13.2 Å². The highest BCUT2D eigenvalue weighted by molar-refractivity contribution is 7.89. The van der Waals surface area contributed by atoms with E-state index in [0.29, 0.717) is 18.7 Å². The number of carbonyl (C=O) groups excluding carboxylic acids is 1. The lowest BCUT2D eigenvalue weighted by Gasteiger charge is -2.25. The van der Waals surface area contributed by atoms with Gasteiger partial charge >= 0.3 is 0 Å². The lowest BCUT2D eigenvalue weighted by molar-refractivity contribution is 0.0938. The van der Waals surface area contributed by atoms with Crippen LogP contribution in [0.4, 0.5) is 0 Å². The Morgan fingerprint density at radius 2 is 1.78 bits per heavy atom. The summed E-state index contributed by atoms with van der Waals surface area (Å²) in [6, 6.07) is 6.35. The zero-order valence-corrected chi connectivity index (χ0v) is 14.7. The highest BCUT2D eigenvalue weighted by atomic mass is 32.2. The Morgan fingerprint density at radius 3 is 2.35 bits per heavy atom. The molecule has 5 nitrogen and oxygen atoms in total. The van der Waals surface area contributed by atoms with E-state index < -0.39 is 10.0 Å². The molecule has 0 spiro atoms. The molecule has 23 heavy (non-hydrogen) atoms. The van der Waals surface area contributed by atoms with Gasteiger partial charge in [-0.15, -0.1) is 0 Å². The first-order valence-electron chi connectivity index (χ1n) is 8.36. The molecule has 6 heteroatoms. The van der Waals surface area contributed by atoms with Crippen molar-refractivity contribution in [3.05, 3.63) is 29.8 Å². The minimum atomic E-state index is -3.43. The third kappa shape index (κ3) is 4.54. The van der Waals surface area contributed by atoms with Gasteiger partial charge in [-0.1, -0.05) is 19.8 Å². The Kier molecular flexibility index (Phi) is 6.18. The molecule has 1 saturated heterocycles. The summed E-state index contributed by atoms with van der Waals surface area (Å²) in [4.78, 5) is 12.4. The van der Waals surface area contributed by atoms with Crippen LogP contribution in [0.2, 0.25) is 0 Å². The fourth-order valence-corrected chi connectivity index (χ4v) is 4.36. The monoisotopic (exact) mass is 338 g/mol. The van der Waals surface area contributed by atoms with E-state index in [9.17, 15) is 13.2 Å². The van der Waals surface area contributed by atoms with Gasteiger partial charge in [-0.3, -0.25) is 4.79 Å². The number of carbonyl (C=O) groups is 1. The molecule has 1 aromatic carbocycles. The van der Waals surface area contributed by atoms with Gasteiger partial charge in [-0.25, -0.2) is 8.42 Å². The van der Waals surface area contributed by atoms with Crippen molar-refractivity contribution in [3.63, 3.8) is 0 Å². The molecule has 1 heterocycles. The highest BCUT2D eigenvalue weighted by Crippen LogP contribution is 2.20. The number of nitrogens with one attached hydrogen (secondary N) is 1. The molecule has 0 aromatic heterocycles. The van der Waals surface area contributed by atoms with Crippen LogP contribution < -0.4 is 5.32 Å². The molecule has 1 atom stereocenters. The molecule has 1 aliphatic heterocycles. The second-order valence-electron chi connectivity index (χ2n) is 6.15. The number of sulfonamides is 1. The fourth-order valence-electron chi connectivity index (χ4n) is 2.84. The minimum absolute atomic E-state index is 0.115. The molecule has 0 unspecified atom stereocenters. The van der Waals surface area contributed by atoms with E-state index in [1.54, 1.807) is 12.1 Å². The normalized spacial score (nSPS) is 17.7. The number of piperidine rings is 1. The lowest BCUT2D eigenvalue weighted by Crippen LogP contribution is -2.35. The van der Waals surface area contributed by atoms with E-state index in [1.165, 1.54) is 16.4 Å². The summed E-state index contributed by atoms with van der Waals surface area (Å²) in [6.45, 7) is 5.21. The summed E-state index contributed by atoms with van der Waals surface area (Å²) in [5.41, 5.74) is 0.491. The minimum Gasteiger partial charge on any atom is -0.350 e. The van der Waals surface area contributed by atoms with Gasteiger partial charge in [0.2, 0.25) is 10.0 Å². The van der Waals surface area contributed by atoms with E-state index in [4.69, 9.17) is 0 Å². The number of hydrogen-bond acceptors (Lipinski definition) is 3. The molecule has 128 valence electrons. The smallest absolute Gasteiger partial charge is 0.251 e. The van der Waals surface area contributed by atoms with Gasteiger partial charge in [-0.2, -0.15) is 4.31 Å². The Balaban J connectivity index is 2.08. The van der Waals surface area contributed by atoms with Gasteiger partial charge < -0.3 is 5.32 Å². The van der Waals surface area contributed by atoms with Crippen LogP contribution in [0.15, 0.2) is 29.2 Å². The van der Waals surface area contributed by atoms with Crippen molar-refractivity contribution in [1.29, 1.82) is 0 Å². The van der Waals surface area contributed by atoms with Gasteiger partial charge in [-0.05, 0) is 50.5 Å². The first-order chi connectivity index (χ1) is 10.9. The van der Waals surface area contributed by atoms with Crippen molar-refractivity contribution in [3.8, 4) is 0 Å². The number of benzene rings is 1. The third-order valence-electron chi connectivity index (χ3n) is 4.17. The maximum atomic E-state index is 12.6. The van der Waals surface area contributed by atoms with Crippen LogP contribution in [0.5, 0.6) is 0 Å². The Labute approximate surface area is 139 Å². The van der Waals surface area contributed by atoms with Crippen LogP contribution in [-0.4, -0.2) is 37.8 Å². The van der Waals surface area contributed by atoms with E-state index >= 15 is 0 Å². The summed E-state index contributed by atoms with van der Waals surface area (Å²) < 4.78 is 26.7. The molecule has 2 rings (SSSR count). The van der Waals surface area contributed by atoms with Crippen molar-refractivity contribution in [1.82, 2.24) is 9.62 Å². The molecule has 0 bridgehead atoms. The zero-order valence-electron chi connectivity index (χ0n) is 13.9. The maximum Gasteiger partial charge on any atom is 0.251 e. The van der Waals surface area contributed by atoms with Crippen LogP contribution in [0.3, 0.4) is 0 Å². The molecule has 1 N–H and O–H groups in total. The molecule has 1 aliphatic rings. The molecule has 1 fully saturated rings. The van der Waals surface area contributed by atoms with Crippen molar-refractivity contribution >= 4 is 15.9 Å². The van der Waals surface area contributed by atoms with Gasteiger partial charge in [0.05, 0.1) is 4.90 Å². The van der Waals surface area contributed by atoms with Crippen LogP contribution >= 0.6 is 0 Å². The molecule has 1 aromatic rings. The number of rotatable bonds is 6. The third-order valence-corrected chi connectivity index (χ3v) is 6.08. The zero-order chi connectivity index (χ0) is 16.9. The van der Waals surface area contributed by atoms with Gasteiger partial charge in [0.1, 0.15) is 0 Å². The van der Waals surface area contributed by atoms with Gasteiger partial charge in [0.25, 0.3) is 5.91 Å². The molecular weight excluding hydrogens is 312 g/mol. The Morgan fingerprint density at radius 1 is 1.17 bits per heavy atom. The lowest BCUT2D eigenvalue weighted by atomic mass is 10.1. The predicted molar refractivity (Wildman–Crippen MR) is 90.9 cm³/mol. The molecule has 0 aliphatic carbocycles. The standard InChI is InChI=1S/C17H26N2O3S/c1-3-7-14(2)18-17(20)15-8-10-16(11-9-15)23(21,22)19-12-5-4-6-13-19/h8-11,14H,3-7,12-13H2,1-2H3,(H,18,20)/t14-/m0/s1. The van der Waals surface area contributed by atoms with Crippen LogP contribution in [0.1, 0.15) is 56.3 Å². The van der Waals surface area contributed by atoms with Crippen LogP contribution in [-0.2, 0) is 10.0 Å². The average Bonchev–Trinajstić information content (AvgIpc) is 2.56. The van der Waals surface area contributed by atoms with Crippen molar-refractivity contribution in [2.24, 2.45) is 0 Å². The number of nitrogens with zero attached hydrogens (tertiary/aromatic N) is 1. The predicted octanol–water partition coefficient (Wildman–Crippen LogP) is 2.78. The van der Waals surface area contributed by atoms with Crippen LogP contribution in [0, 0.1) is 0 Å². The van der Waals surface area contributed by atoms with Gasteiger partial charge in [0.15, 0.2) is 0 Å². The molecule has 1 amide bonds. The maximum absolute atomic E-state index is 12.6. The summed E-state index contributed by atoms with van der Waals surface area (Å²) >= 11 is 0. The van der Waals surface area contributed by atoms with E-state index in [2.05, 4.69) is 12.2 Å². The largest absolute Gasteiger partial charge is 0.350 e. The van der Waals surface area contributed by atoms with Crippen molar-refractivity contribution in [2.75, 3.05) is 13.1 Å². The number of hydrogen-bond donors (Lipinski definition) is 1. The number of amides is 1. The highest BCUT2D eigenvalue weighted by Gasteiger charge is 2.25.